The predicted octanol–water partition coefficient (Wildman–Crippen LogP) is 5.34. The summed E-state index contributed by atoms with van der Waals surface area (Å²) in [6, 6.07) is 18.0. The van der Waals surface area contributed by atoms with Crippen LogP contribution in [0, 0.1) is 0 Å². The highest BCUT2D eigenvalue weighted by atomic mass is 19.4. The third-order valence-corrected chi connectivity index (χ3v) is 4.61. The van der Waals surface area contributed by atoms with E-state index in [2.05, 4.69) is 5.10 Å². The smallest absolute Gasteiger partial charge is 0.416 e. The molecule has 4 aromatic rings. The molecule has 7 heteroatoms. The van der Waals surface area contributed by atoms with E-state index in [-0.39, 0.29) is 12.1 Å². The molecule has 3 aromatic carbocycles. The standard InChI is InChI=1S/C22H15F3N2O2/c23-22(24,25)16-7-4-8-17(12-16)27-13-15(11-20(28)29)21(26-27)19-10-3-6-14-5-1-2-9-18(14)19/h1-10,12-13H,11H2,(H,28,29). The molecular weight excluding hydrogens is 381 g/mol. The Morgan fingerprint density at radius 3 is 2.48 bits per heavy atom. The molecule has 146 valence electrons. The second kappa shape index (κ2) is 7.09. The number of carbonyl (C=O) groups is 1. The SMILES string of the molecule is O=C(O)Cc1cn(-c2cccc(C(F)(F)F)c2)nc1-c1cccc2ccccc12. The summed E-state index contributed by atoms with van der Waals surface area (Å²) in [6.45, 7) is 0. The zero-order valence-electron chi connectivity index (χ0n) is 15.0. The molecule has 0 radical (unpaired) electrons. The van der Waals surface area contributed by atoms with Gasteiger partial charge in [-0.25, -0.2) is 4.68 Å². The molecule has 4 rings (SSSR count). The molecule has 1 aromatic heterocycles. The average molecular weight is 396 g/mol. The quantitative estimate of drug-likeness (QED) is 0.507. The zero-order chi connectivity index (χ0) is 20.6. The van der Waals surface area contributed by atoms with Crippen LogP contribution in [0.25, 0.3) is 27.7 Å². The highest BCUT2D eigenvalue weighted by molar-refractivity contribution is 5.96. The maximum Gasteiger partial charge on any atom is 0.416 e. The molecule has 0 atom stereocenters. The molecule has 0 spiro atoms. The lowest BCUT2D eigenvalue weighted by Crippen LogP contribution is -2.06. The van der Waals surface area contributed by atoms with Gasteiger partial charge in [0, 0.05) is 17.3 Å². The van der Waals surface area contributed by atoms with Gasteiger partial charge < -0.3 is 5.11 Å². The van der Waals surface area contributed by atoms with Crippen LogP contribution in [-0.2, 0) is 17.4 Å². The van der Waals surface area contributed by atoms with E-state index in [1.165, 1.54) is 23.0 Å². The van der Waals surface area contributed by atoms with Crippen molar-refractivity contribution in [1.29, 1.82) is 0 Å². The van der Waals surface area contributed by atoms with E-state index in [0.29, 0.717) is 11.3 Å². The maximum atomic E-state index is 13.1. The number of hydrogen-bond acceptors (Lipinski definition) is 2. The molecule has 0 saturated carbocycles. The van der Waals surface area contributed by atoms with Gasteiger partial charge in [-0.15, -0.1) is 0 Å². The molecule has 4 nitrogen and oxygen atoms in total. The molecule has 0 bridgehead atoms. The van der Waals surface area contributed by atoms with Gasteiger partial charge in [-0.3, -0.25) is 4.79 Å². The molecule has 0 aliphatic heterocycles. The minimum atomic E-state index is -4.48. The molecule has 29 heavy (non-hydrogen) atoms. The summed E-state index contributed by atoms with van der Waals surface area (Å²) in [4.78, 5) is 11.4. The van der Waals surface area contributed by atoms with E-state index >= 15 is 0 Å². The van der Waals surface area contributed by atoms with Gasteiger partial charge in [-0.05, 0) is 29.0 Å². The van der Waals surface area contributed by atoms with Crippen LogP contribution in [0.1, 0.15) is 11.1 Å². The Labute approximate surface area is 163 Å². The number of fused-ring (bicyclic) bond motifs is 1. The third kappa shape index (κ3) is 3.71. The first kappa shape index (κ1) is 18.7. The lowest BCUT2D eigenvalue weighted by molar-refractivity contribution is -0.138. The Bertz CT molecular complexity index is 1210. The average Bonchev–Trinajstić information content (AvgIpc) is 3.10. The topological polar surface area (TPSA) is 55.1 Å². The molecule has 1 heterocycles. The first-order valence-electron chi connectivity index (χ1n) is 8.79. The summed E-state index contributed by atoms with van der Waals surface area (Å²) in [7, 11) is 0. The summed E-state index contributed by atoms with van der Waals surface area (Å²) in [5.74, 6) is -1.05. The molecule has 0 fully saturated rings. The number of nitrogens with zero attached hydrogens (tertiary/aromatic N) is 2. The van der Waals surface area contributed by atoms with Crippen molar-refractivity contribution in [3.05, 3.63) is 84.1 Å². The summed E-state index contributed by atoms with van der Waals surface area (Å²) in [6.07, 6.45) is -3.30. The summed E-state index contributed by atoms with van der Waals surface area (Å²) in [5, 5.41) is 15.6. The molecular formula is C22H15F3N2O2. The number of hydrogen-bond donors (Lipinski definition) is 1. The lowest BCUT2D eigenvalue weighted by atomic mass is 9.99. The van der Waals surface area contributed by atoms with Gasteiger partial charge in [-0.2, -0.15) is 18.3 Å². The second-order valence-electron chi connectivity index (χ2n) is 6.59. The molecule has 0 aliphatic rings. The number of carboxylic acid groups (broad SMARTS) is 1. The van der Waals surface area contributed by atoms with Crippen LogP contribution in [0.4, 0.5) is 13.2 Å². The monoisotopic (exact) mass is 396 g/mol. The Morgan fingerprint density at radius 2 is 1.72 bits per heavy atom. The van der Waals surface area contributed by atoms with Crippen molar-refractivity contribution in [2.75, 3.05) is 0 Å². The van der Waals surface area contributed by atoms with Gasteiger partial charge in [0.2, 0.25) is 0 Å². The molecule has 0 aliphatic carbocycles. The number of aliphatic carboxylic acids is 1. The van der Waals surface area contributed by atoms with Crippen molar-refractivity contribution in [3.8, 4) is 16.9 Å². The maximum absolute atomic E-state index is 13.1. The van der Waals surface area contributed by atoms with Gasteiger partial charge in [0.15, 0.2) is 0 Å². The van der Waals surface area contributed by atoms with Crippen LogP contribution < -0.4 is 0 Å². The van der Waals surface area contributed by atoms with Crippen LogP contribution in [0.3, 0.4) is 0 Å². The van der Waals surface area contributed by atoms with Gasteiger partial charge >= 0.3 is 12.1 Å². The van der Waals surface area contributed by atoms with E-state index in [0.717, 1.165) is 28.5 Å². The Hall–Kier alpha value is -3.61. The van der Waals surface area contributed by atoms with E-state index in [1.807, 2.05) is 42.5 Å². The van der Waals surface area contributed by atoms with E-state index < -0.39 is 17.7 Å². The largest absolute Gasteiger partial charge is 0.481 e. The van der Waals surface area contributed by atoms with Crippen molar-refractivity contribution in [2.24, 2.45) is 0 Å². The number of benzene rings is 3. The molecule has 0 unspecified atom stereocenters. The summed E-state index contributed by atoms with van der Waals surface area (Å²) in [5.41, 5.74) is 0.993. The van der Waals surface area contributed by atoms with Crippen LogP contribution >= 0.6 is 0 Å². The Kier molecular flexibility index (Phi) is 4.58. The number of carboxylic acids is 1. The van der Waals surface area contributed by atoms with Crippen molar-refractivity contribution in [3.63, 3.8) is 0 Å². The van der Waals surface area contributed by atoms with Crippen molar-refractivity contribution in [2.45, 2.75) is 12.6 Å². The zero-order valence-corrected chi connectivity index (χ0v) is 15.0. The number of halogens is 3. The number of aromatic nitrogens is 2. The fourth-order valence-corrected chi connectivity index (χ4v) is 3.32. The number of rotatable bonds is 4. The first-order valence-corrected chi connectivity index (χ1v) is 8.79. The second-order valence-corrected chi connectivity index (χ2v) is 6.59. The van der Waals surface area contributed by atoms with Crippen LogP contribution in [-0.4, -0.2) is 20.9 Å². The van der Waals surface area contributed by atoms with E-state index in [4.69, 9.17) is 0 Å². The van der Waals surface area contributed by atoms with Gasteiger partial charge in [0.25, 0.3) is 0 Å². The first-order chi connectivity index (χ1) is 13.8. The van der Waals surface area contributed by atoms with Crippen molar-refractivity contribution < 1.29 is 23.1 Å². The minimum Gasteiger partial charge on any atom is -0.481 e. The predicted molar refractivity (Wildman–Crippen MR) is 103 cm³/mol. The Balaban J connectivity index is 1.90. The van der Waals surface area contributed by atoms with Crippen LogP contribution in [0.2, 0.25) is 0 Å². The highest BCUT2D eigenvalue weighted by Gasteiger charge is 2.30. The van der Waals surface area contributed by atoms with Crippen molar-refractivity contribution in [1.82, 2.24) is 9.78 Å². The highest BCUT2D eigenvalue weighted by Crippen LogP contribution is 2.33. The van der Waals surface area contributed by atoms with Crippen LogP contribution in [0.5, 0.6) is 0 Å². The van der Waals surface area contributed by atoms with Gasteiger partial charge in [0.1, 0.15) is 0 Å². The van der Waals surface area contributed by atoms with Crippen molar-refractivity contribution >= 4 is 16.7 Å². The van der Waals surface area contributed by atoms with E-state index in [1.54, 1.807) is 0 Å². The molecule has 1 N–H and O–H groups in total. The lowest BCUT2D eigenvalue weighted by Gasteiger charge is -2.08. The normalized spacial score (nSPS) is 11.7. The minimum absolute atomic E-state index is 0.206. The molecule has 0 saturated heterocycles. The summed E-state index contributed by atoms with van der Waals surface area (Å²) < 4.78 is 40.5. The Morgan fingerprint density at radius 1 is 1.00 bits per heavy atom. The summed E-state index contributed by atoms with van der Waals surface area (Å²) >= 11 is 0. The van der Waals surface area contributed by atoms with Gasteiger partial charge in [0.05, 0.1) is 23.4 Å². The fraction of sp³-hybridized carbons (Fsp3) is 0.0909. The third-order valence-electron chi connectivity index (χ3n) is 4.61. The molecule has 0 amide bonds. The van der Waals surface area contributed by atoms with Crippen LogP contribution in [0.15, 0.2) is 72.9 Å². The fourth-order valence-electron chi connectivity index (χ4n) is 3.32. The van der Waals surface area contributed by atoms with Gasteiger partial charge in [-0.1, -0.05) is 48.5 Å². The van der Waals surface area contributed by atoms with E-state index in [9.17, 15) is 23.1 Å². The number of alkyl halides is 3.